The number of ether oxygens (including phenoxy) is 1. The van der Waals surface area contributed by atoms with Crippen molar-refractivity contribution in [2.75, 3.05) is 32.0 Å². The van der Waals surface area contributed by atoms with Crippen molar-refractivity contribution >= 4 is 27.4 Å². The molecule has 0 spiro atoms. The number of aromatic nitrogens is 2. The molecule has 6 nitrogen and oxygen atoms in total. The van der Waals surface area contributed by atoms with Gasteiger partial charge < -0.3 is 15.6 Å². The Kier molecular flexibility index (Phi) is 3.61. The van der Waals surface area contributed by atoms with Crippen LogP contribution in [0.25, 0.3) is 10.2 Å². The fourth-order valence-electron chi connectivity index (χ4n) is 2.23. The van der Waals surface area contributed by atoms with E-state index in [0.717, 1.165) is 22.6 Å². The van der Waals surface area contributed by atoms with Crippen LogP contribution in [0.15, 0.2) is 11.4 Å². The van der Waals surface area contributed by atoms with Crippen molar-refractivity contribution in [3.8, 4) is 0 Å². The van der Waals surface area contributed by atoms with Gasteiger partial charge in [0.05, 0.1) is 31.2 Å². The van der Waals surface area contributed by atoms with E-state index >= 15 is 0 Å². The quantitative estimate of drug-likeness (QED) is 0.850. The van der Waals surface area contributed by atoms with Crippen LogP contribution in [0.2, 0.25) is 0 Å². The maximum atomic E-state index is 9.13. The molecule has 2 aromatic heterocycles. The number of nitrogen functional groups attached to an aromatic ring is 1. The predicted octanol–water partition coefficient (Wildman–Crippen LogP) is 0.467. The summed E-state index contributed by atoms with van der Waals surface area (Å²) in [7, 11) is 0. The molecule has 1 fully saturated rings. The molecule has 1 saturated heterocycles. The van der Waals surface area contributed by atoms with Crippen molar-refractivity contribution in [2.24, 2.45) is 0 Å². The van der Waals surface area contributed by atoms with Crippen LogP contribution < -0.4 is 5.73 Å². The summed E-state index contributed by atoms with van der Waals surface area (Å²) in [6.45, 7) is 2.83. The van der Waals surface area contributed by atoms with Gasteiger partial charge >= 0.3 is 0 Å². The van der Waals surface area contributed by atoms with Crippen molar-refractivity contribution in [2.45, 2.75) is 12.6 Å². The van der Waals surface area contributed by atoms with E-state index < -0.39 is 0 Å². The molecule has 3 N–H and O–H groups in total. The number of morpholine rings is 1. The number of anilines is 1. The molecular formula is C12H16N4O2S. The summed E-state index contributed by atoms with van der Waals surface area (Å²) in [6.07, 6.45) is -0.114. The molecule has 1 aliphatic heterocycles. The van der Waals surface area contributed by atoms with Crippen LogP contribution in [0.5, 0.6) is 0 Å². The second-order valence-corrected chi connectivity index (χ2v) is 5.47. The molecule has 1 unspecified atom stereocenters. The lowest BCUT2D eigenvalue weighted by Gasteiger charge is -2.31. The molecular weight excluding hydrogens is 264 g/mol. The van der Waals surface area contributed by atoms with E-state index in [1.54, 1.807) is 11.3 Å². The third-order valence-electron chi connectivity index (χ3n) is 3.19. The smallest absolute Gasteiger partial charge is 0.146 e. The minimum absolute atomic E-state index is 0.0451. The first kappa shape index (κ1) is 12.7. The molecule has 0 bridgehead atoms. The first-order valence-corrected chi connectivity index (χ1v) is 7.08. The standard InChI is InChI=1S/C12H16N4O2S/c13-11-9-1-4-19-12(9)15-10(14-11)6-16-2-3-18-8(5-16)7-17/h1,4,8,17H,2-3,5-7H2,(H2,13,14,15). The monoisotopic (exact) mass is 280 g/mol. The first-order chi connectivity index (χ1) is 9.26. The average molecular weight is 280 g/mol. The van der Waals surface area contributed by atoms with E-state index in [4.69, 9.17) is 15.6 Å². The van der Waals surface area contributed by atoms with Gasteiger partial charge in [-0.25, -0.2) is 9.97 Å². The second kappa shape index (κ2) is 5.38. The molecule has 7 heteroatoms. The van der Waals surface area contributed by atoms with Gasteiger partial charge in [0.1, 0.15) is 16.5 Å². The van der Waals surface area contributed by atoms with Gasteiger partial charge in [0.15, 0.2) is 0 Å². The minimum atomic E-state index is -0.114. The lowest BCUT2D eigenvalue weighted by atomic mass is 10.3. The number of hydrogen-bond acceptors (Lipinski definition) is 7. The van der Waals surface area contributed by atoms with Gasteiger partial charge in [-0.3, -0.25) is 4.90 Å². The summed E-state index contributed by atoms with van der Waals surface area (Å²) in [5.74, 6) is 1.26. The zero-order chi connectivity index (χ0) is 13.2. The summed E-state index contributed by atoms with van der Waals surface area (Å²) in [5.41, 5.74) is 5.93. The molecule has 2 aromatic rings. The highest BCUT2D eigenvalue weighted by Crippen LogP contribution is 2.23. The fourth-order valence-corrected chi connectivity index (χ4v) is 3.02. The number of fused-ring (bicyclic) bond motifs is 1. The van der Waals surface area contributed by atoms with Gasteiger partial charge in [-0.2, -0.15) is 0 Å². The minimum Gasteiger partial charge on any atom is -0.394 e. The highest BCUT2D eigenvalue weighted by Gasteiger charge is 2.20. The van der Waals surface area contributed by atoms with Crippen LogP contribution in [0, 0.1) is 0 Å². The summed E-state index contributed by atoms with van der Waals surface area (Å²) in [5, 5.41) is 12.0. The lowest BCUT2D eigenvalue weighted by molar-refractivity contribution is -0.0556. The second-order valence-electron chi connectivity index (χ2n) is 4.57. The molecule has 3 rings (SSSR count). The van der Waals surface area contributed by atoms with Crippen LogP contribution >= 0.6 is 11.3 Å². The fraction of sp³-hybridized carbons (Fsp3) is 0.500. The van der Waals surface area contributed by atoms with E-state index in [9.17, 15) is 0 Å². The van der Waals surface area contributed by atoms with Gasteiger partial charge in [-0.1, -0.05) is 0 Å². The Bertz CT molecular complexity index is 574. The molecule has 0 saturated carbocycles. The molecule has 0 radical (unpaired) electrons. The molecule has 3 heterocycles. The number of hydrogen-bond donors (Lipinski definition) is 2. The summed E-state index contributed by atoms with van der Waals surface area (Å²) in [6, 6.07) is 1.94. The van der Waals surface area contributed by atoms with E-state index in [1.165, 1.54) is 0 Å². The van der Waals surface area contributed by atoms with Crippen molar-refractivity contribution in [1.29, 1.82) is 0 Å². The molecule has 0 aromatic carbocycles. The molecule has 1 aliphatic rings. The van der Waals surface area contributed by atoms with E-state index in [-0.39, 0.29) is 12.7 Å². The van der Waals surface area contributed by atoms with Crippen LogP contribution in [0.3, 0.4) is 0 Å². The molecule has 0 aliphatic carbocycles. The zero-order valence-electron chi connectivity index (χ0n) is 10.5. The highest BCUT2D eigenvalue weighted by molar-refractivity contribution is 7.16. The Hall–Kier alpha value is -1.28. The third-order valence-corrected chi connectivity index (χ3v) is 4.00. The van der Waals surface area contributed by atoms with Crippen LogP contribution in [0.1, 0.15) is 5.82 Å². The first-order valence-electron chi connectivity index (χ1n) is 6.20. The molecule has 102 valence electrons. The predicted molar refractivity (Wildman–Crippen MR) is 73.9 cm³/mol. The van der Waals surface area contributed by atoms with E-state index in [2.05, 4.69) is 14.9 Å². The Balaban J connectivity index is 1.77. The Morgan fingerprint density at radius 3 is 3.26 bits per heavy atom. The van der Waals surface area contributed by atoms with Crippen LogP contribution in [-0.4, -0.2) is 52.4 Å². The van der Waals surface area contributed by atoms with Gasteiger partial charge in [-0.05, 0) is 11.4 Å². The summed E-state index contributed by atoms with van der Waals surface area (Å²) >= 11 is 1.57. The number of aliphatic hydroxyl groups excluding tert-OH is 1. The van der Waals surface area contributed by atoms with Crippen molar-refractivity contribution < 1.29 is 9.84 Å². The van der Waals surface area contributed by atoms with E-state index in [0.29, 0.717) is 25.5 Å². The number of nitrogens with two attached hydrogens (primary N) is 1. The largest absolute Gasteiger partial charge is 0.394 e. The Labute approximate surface area is 114 Å². The number of nitrogens with zero attached hydrogens (tertiary/aromatic N) is 3. The Morgan fingerprint density at radius 1 is 1.53 bits per heavy atom. The van der Waals surface area contributed by atoms with Crippen molar-refractivity contribution in [1.82, 2.24) is 14.9 Å². The van der Waals surface area contributed by atoms with E-state index in [1.807, 2.05) is 11.4 Å². The molecule has 1 atom stereocenters. The van der Waals surface area contributed by atoms with Crippen molar-refractivity contribution in [3.05, 3.63) is 17.3 Å². The average Bonchev–Trinajstić information content (AvgIpc) is 2.88. The number of rotatable bonds is 3. The van der Waals surface area contributed by atoms with Gasteiger partial charge in [0.25, 0.3) is 0 Å². The number of thiophene rings is 1. The molecule has 19 heavy (non-hydrogen) atoms. The topological polar surface area (TPSA) is 84.5 Å². The van der Waals surface area contributed by atoms with Crippen molar-refractivity contribution in [3.63, 3.8) is 0 Å². The highest BCUT2D eigenvalue weighted by atomic mass is 32.1. The Morgan fingerprint density at radius 2 is 2.42 bits per heavy atom. The summed E-state index contributed by atoms with van der Waals surface area (Å²) in [4.78, 5) is 12.0. The van der Waals surface area contributed by atoms with Crippen LogP contribution in [0.4, 0.5) is 5.82 Å². The normalized spacial score (nSPS) is 21.0. The van der Waals surface area contributed by atoms with Gasteiger partial charge in [0.2, 0.25) is 0 Å². The third kappa shape index (κ3) is 2.69. The lowest BCUT2D eigenvalue weighted by Crippen LogP contribution is -2.43. The zero-order valence-corrected chi connectivity index (χ0v) is 11.3. The van der Waals surface area contributed by atoms with Crippen LogP contribution in [-0.2, 0) is 11.3 Å². The summed E-state index contributed by atoms with van der Waals surface area (Å²) < 4.78 is 5.42. The molecule has 0 amide bonds. The van der Waals surface area contributed by atoms with Gasteiger partial charge in [0, 0.05) is 13.1 Å². The number of aliphatic hydroxyl groups is 1. The maximum Gasteiger partial charge on any atom is 0.146 e. The maximum absolute atomic E-state index is 9.13. The van der Waals surface area contributed by atoms with Gasteiger partial charge in [-0.15, -0.1) is 11.3 Å². The SMILES string of the molecule is Nc1nc(CN2CCOC(CO)C2)nc2sccc12.